The van der Waals surface area contributed by atoms with Crippen molar-refractivity contribution in [1.82, 2.24) is 15.3 Å². The number of carbonyl (C=O) groups is 1. The van der Waals surface area contributed by atoms with Gasteiger partial charge in [0.2, 0.25) is 5.91 Å². The molecule has 4 heteroatoms. The lowest BCUT2D eigenvalue weighted by molar-refractivity contribution is -0.129. The van der Waals surface area contributed by atoms with Crippen LogP contribution in [0.25, 0.3) is 0 Å². The predicted molar refractivity (Wildman–Crippen MR) is 54.5 cm³/mol. The number of nitrogens with one attached hydrogen (secondary N) is 2. The molecule has 1 aromatic rings. The smallest absolute Gasteiger partial charge is 0.225 e. The number of imidazole rings is 1. The Bertz CT molecular complexity index is 290. The topological polar surface area (TPSA) is 57.8 Å². The summed E-state index contributed by atoms with van der Waals surface area (Å²) in [5.41, 5.74) is 0.630. The minimum atomic E-state index is -0.292. The Balaban J connectivity index is 2.43. The van der Waals surface area contributed by atoms with Gasteiger partial charge < -0.3 is 10.3 Å². The monoisotopic (exact) mass is 195 g/mol. The first-order valence-electron chi connectivity index (χ1n) is 4.82. The van der Waals surface area contributed by atoms with Gasteiger partial charge in [0.1, 0.15) is 0 Å². The number of hydrogen-bond acceptors (Lipinski definition) is 2. The Labute approximate surface area is 84.1 Å². The maximum Gasteiger partial charge on any atom is 0.225 e. The Kier molecular flexibility index (Phi) is 3.28. The normalized spacial score (nSPS) is 11.4. The Morgan fingerprint density at radius 1 is 1.64 bits per heavy atom. The highest BCUT2D eigenvalue weighted by Crippen LogP contribution is 2.19. The van der Waals surface area contributed by atoms with Crippen LogP contribution in [-0.2, 0) is 11.3 Å². The number of hydrogen-bond donors (Lipinski definition) is 2. The Morgan fingerprint density at radius 3 is 2.86 bits per heavy atom. The van der Waals surface area contributed by atoms with Crippen LogP contribution >= 0.6 is 0 Å². The summed E-state index contributed by atoms with van der Waals surface area (Å²) in [7, 11) is 0. The maximum absolute atomic E-state index is 11.6. The molecule has 1 heterocycles. The van der Waals surface area contributed by atoms with Gasteiger partial charge in [-0.25, -0.2) is 4.98 Å². The standard InChI is InChI=1S/C10H17N3O/c1-4-10(2,3)9(14)12-6-8-5-11-7-13-8/h5,7H,4,6H2,1-3H3,(H,11,13)(H,12,14). The number of rotatable bonds is 4. The molecule has 14 heavy (non-hydrogen) atoms. The van der Waals surface area contributed by atoms with E-state index in [1.807, 2.05) is 20.8 Å². The fourth-order valence-electron chi connectivity index (χ4n) is 0.957. The molecule has 4 nitrogen and oxygen atoms in total. The second kappa shape index (κ2) is 4.26. The highest BCUT2D eigenvalue weighted by Gasteiger charge is 2.24. The van der Waals surface area contributed by atoms with Gasteiger partial charge in [-0.2, -0.15) is 0 Å². The first-order valence-corrected chi connectivity index (χ1v) is 4.82. The van der Waals surface area contributed by atoms with Crippen LogP contribution in [0.3, 0.4) is 0 Å². The van der Waals surface area contributed by atoms with Gasteiger partial charge in [0.05, 0.1) is 18.6 Å². The molecule has 0 aliphatic rings. The zero-order valence-electron chi connectivity index (χ0n) is 8.92. The fourth-order valence-corrected chi connectivity index (χ4v) is 0.957. The second-order valence-electron chi connectivity index (χ2n) is 4.00. The van der Waals surface area contributed by atoms with Crippen LogP contribution in [0.2, 0.25) is 0 Å². The van der Waals surface area contributed by atoms with Crippen LogP contribution in [0, 0.1) is 5.41 Å². The number of H-pyrrole nitrogens is 1. The molecule has 0 radical (unpaired) electrons. The molecule has 0 aromatic carbocycles. The van der Waals surface area contributed by atoms with Gasteiger partial charge in [0, 0.05) is 11.6 Å². The number of aromatic nitrogens is 2. The third-order valence-corrected chi connectivity index (χ3v) is 2.49. The van der Waals surface area contributed by atoms with E-state index in [1.165, 1.54) is 0 Å². The average molecular weight is 195 g/mol. The van der Waals surface area contributed by atoms with Gasteiger partial charge in [-0.1, -0.05) is 20.8 Å². The van der Waals surface area contributed by atoms with Crippen molar-refractivity contribution in [2.45, 2.75) is 33.7 Å². The van der Waals surface area contributed by atoms with Crippen molar-refractivity contribution in [3.63, 3.8) is 0 Å². The number of carbonyl (C=O) groups excluding carboxylic acids is 1. The van der Waals surface area contributed by atoms with Gasteiger partial charge in [-0.3, -0.25) is 4.79 Å². The van der Waals surface area contributed by atoms with E-state index >= 15 is 0 Å². The van der Waals surface area contributed by atoms with Crippen molar-refractivity contribution in [3.05, 3.63) is 18.2 Å². The molecule has 1 aromatic heterocycles. The molecule has 1 amide bonds. The van der Waals surface area contributed by atoms with Crippen molar-refractivity contribution in [3.8, 4) is 0 Å². The molecule has 0 fully saturated rings. The summed E-state index contributed by atoms with van der Waals surface area (Å²) in [6.07, 6.45) is 4.15. The number of nitrogens with zero attached hydrogens (tertiary/aromatic N) is 1. The van der Waals surface area contributed by atoms with Crippen molar-refractivity contribution in [1.29, 1.82) is 0 Å². The highest BCUT2D eigenvalue weighted by atomic mass is 16.2. The third kappa shape index (κ3) is 2.58. The molecule has 0 saturated carbocycles. The Hall–Kier alpha value is -1.32. The quantitative estimate of drug-likeness (QED) is 0.764. The fraction of sp³-hybridized carbons (Fsp3) is 0.600. The van der Waals surface area contributed by atoms with E-state index < -0.39 is 0 Å². The van der Waals surface area contributed by atoms with Gasteiger partial charge in [0.15, 0.2) is 0 Å². The molecular formula is C10H17N3O. The molecule has 2 N–H and O–H groups in total. The van der Waals surface area contributed by atoms with Crippen molar-refractivity contribution < 1.29 is 4.79 Å². The van der Waals surface area contributed by atoms with Gasteiger partial charge in [-0.05, 0) is 6.42 Å². The summed E-state index contributed by atoms with van der Waals surface area (Å²) in [4.78, 5) is 18.5. The molecule has 78 valence electrons. The van der Waals surface area contributed by atoms with Crippen molar-refractivity contribution >= 4 is 5.91 Å². The van der Waals surface area contributed by atoms with E-state index in [2.05, 4.69) is 15.3 Å². The molecule has 0 aliphatic heterocycles. The summed E-state index contributed by atoms with van der Waals surface area (Å²) in [5.74, 6) is 0.0783. The average Bonchev–Trinajstić information content (AvgIpc) is 2.66. The lowest BCUT2D eigenvalue weighted by Crippen LogP contribution is -2.36. The first kappa shape index (κ1) is 10.8. The summed E-state index contributed by atoms with van der Waals surface area (Å²) < 4.78 is 0. The lowest BCUT2D eigenvalue weighted by Gasteiger charge is -2.21. The van der Waals surface area contributed by atoms with Crippen LogP contribution in [0.4, 0.5) is 0 Å². The van der Waals surface area contributed by atoms with Crippen molar-refractivity contribution in [2.75, 3.05) is 0 Å². The molecule has 0 spiro atoms. The molecule has 0 saturated heterocycles. The first-order chi connectivity index (χ1) is 6.56. The summed E-state index contributed by atoms with van der Waals surface area (Å²) in [6.45, 7) is 6.41. The van der Waals surface area contributed by atoms with E-state index in [4.69, 9.17) is 0 Å². The zero-order valence-corrected chi connectivity index (χ0v) is 8.92. The molecule has 1 rings (SSSR count). The van der Waals surface area contributed by atoms with Crippen LogP contribution in [0.5, 0.6) is 0 Å². The van der Waals surface area contributed by atoms with Crippen molar-refractivity contribution in [2.24, 2.45) is 5.41 Å². The van der Waals surface area contributed by atoms with E-state index in [0.29, 0.717) is 6.54 Å². The predicted octanol–water partition coefficient (Wildman–Crippen LogP) is 1.46. The van der Waals surface area contributed by atoms with E-state index in [9.17, 15) is 4.79 Å². The van der Waals surface area contributed by atoms with Crippen LogP contribution in [0.15, 0.2) is 12.5 Å². The molecule has 0 aliphatic carbocycles. The largest absolute Gasteiger partial charge is 0.350 e. The molecular weight excluding hydrogens is 178 g/mol. The van der Waals surface area contributed by atoms with Gasteiger partial charge in [0.25, 0.3) is 0 Å². The third-order valence-electron chi connectivity index (χ3n) is 2.49. The van der Waals surface area contributed by atoms with Gasteiger partial charge >= 0.3 is 0 Å². The molecule has 0 bridgehead atoms. The minimum Gasteiger partial charge on any atom is -0.350 e. The highest BCUT2D eigenvalue weighted by molar-refractivity contribution is 5.81. The van der Waals surface area contributed by atoms with Crippen LogP contribution in [0.1, 0.15) is 32.9 Å². The summed E-state index contributed by atoms with van der Waals surface area (Å²) in [6, 6.07) is 0. The summed E-state index contributed by atoms with van der Waals surface area (Å²) >= 11 is 0. The SMILES string of the molecule is CCC(C)(C)C(=O)NCc1cnc[nH]1. The number of aromatic amines is 1. The van der Waals surface area contributed by atoms with E-state index in [0.717, 1.165) is 12.1 Å². The molecule has 0 unspecified atom stereocenters. The number of amides is 1. The second-order valence-corrected chi connectivity index (χ2v) is 4.00. The van der Waals surface area contributed by atoms with Gasteiger partial charge in [-0.15, -0.1) is 0 Å². The molecule has 0 atom stereocenters. The van der Waals surface area contributed by atoms with Crippen LogP contribution < -0.4 is 5.32 Å². The maximum atomic E-state index is 11.6. The van der Waals surface area contributed by atoms with Crippen LogP contribution in [-0.4, -0.2) is 15.9 Å². The Morgan fingerprint density at radius 2 is 2.36 bits per heavy atom. The van der Waals surface area contributed by atoms with E-state index in [-0.39, 0.29) is 11.3 Å². The van der Waals surface area contributed by atoms with E-state index in [1.54, 1.807) is 12.5 Å². The summed E-state index contributed by atoms with van der Waals surface area (Å²) in [5, 5.41) is 2.87. The zero-order chi connectivity index (χ0) is 10.6. The lowest BCUT2D eigenvalue weighted by atomic mass is 9.89. The minimum absolute atomic E-state index is 0.0783.